The van der Waals surface area contributed by atoms with Gasteiger partial charge in [-0.25, -0.2) is 0 Å². The van der Waals surface area contributed by atoms with E-state index in [9.17, 15) is 9.90 Å². The molecule has 2 rings (SSSR count). The van der Waals surface area contributed by atoms with Gasteiger partial charge < -0.3 is 15.7 Å². The lowest BCUT2D eigenvalue weighted by Crippen LogP contribution is -2.59. The Bertz CT molecular complexity index is 427. The van der Waals surface area contributed by atoms with Crippen LogP contribution in [-0.2, 0) is 11.2 Å². The van der Waals surface area contributed by atoms with Crippen LogP contribution < -0.4 is 10.6 Å². The monoisotopic (exact) mass is 276 g/mol. The van der Waals surface area contributed by atoms with E-state index in [4.69, 9.17) is 0 Å². The van der Waals surface area contributed by atoms with Crippen LogP contribution in [0.2, 0.25) is 0 Å². The second-order valence-corrected chi connectivity index (χ2v) is 5.76. The van der Waals surface area contributed by atoms with Crippen LogP contribution in [0.1, 0.15) is 31.7 Å². The highest BCUT2D eigenvalue weighted by molar-refractivity contribution is 5.86. The first-order valence-electron chi connectivity index (χ1n) is 7.35. The van der Waals surface area contributed by atoms with Gasteiger partial charge in [-0.2, -0.15) is 0 Å². The summed E-state index contributed by atoms with van der Waals surface area (Å²) < 4.78 is 0. The maximum absolute atomic E-state index is 12.4. The number of carbonyl (C=O) groups is 1. The summed E-state index contributed by atoms with van der Waals surface area (Å²) in [5.41, 5.74) is 0.621. The van der Waals surface area contributed by atoms with E-state index in [1.807, 2.05) is 37.3 Å². The molecule has 4 nitrogen and oxygen atoms in total. The highest BCUT2D eigenvalue weighted by atomic mass is 16.3. The van der Waals surface area contributed by atoms with Crippen molar-refractivity contribution in [2.45, 2.75) is 44.2 Å². The summed E-state index contributed by atoms with van der Waals surface area (Å²) >= 11 is 0. The number of piperidine rings is 1. The summed E-state index contributed by atoms with van der Waals surface area (Å²) in [6.45, 7) is 2.78. The normalized spacial score (nSPS) is 24.1. The van der Waals surface area contributed by atoms with Crippen molar-refractivity contribution < 1.29 is 9.90 Å². The van der Waals surface area contributed by atoms with Gasteiger partial charge in [-0.3, -0.25) is 4.79 Å². The zero-order chi connectivity index (χ0) is 14.4. The minimum absolute atomic E-state index is 0.00724. The smallest absolute Gasteiger partial charge is 0.240 e. The van der Waals surface area contributed by atoms with Crippen LogP contribution >= 0.6 is 0 Å². The molecule has 1 unspecified atom stereocenters. The summed E-state index contributed by atoms with van der Waals surface area (Å²) in [5, 5.41) is 15.8. The molecular weight excluding hydrogens is 252 g/mol. The molecule has 2 atom stereocenters. The SMILES string of the molecule is CC1(C(=O)N[C@H](CO)Cc2ccccc2)CCCCN1. The summed E-state index contributed by atoms with van der Waals surface area (Å²) in [6, 6.07) is 9.68. The zero-order valence-corrected chi connectivity index (χ0v) is 12.1. The molecule has 1 heterocycles. The van der Waals surface area contributed by atoms with Gasteiger partial charge in [-0.1, -0.05) is 30.3 Å². The van der Waals surface area contributed by atoms with Gasteiger partial charge in [-0.15, -0.1) is 0 Å². The Kier molecular flexibility index (Phi) is 5.15. The molecule has 1 aliphatic heterocycles. The summed E-state index contributed by atoms with van der Waals surface area (Å²) in [6.07, 6.45) is 3.69. The van der Waals surface area contributed by atoms with Gasteiger partial charge >= 0.3 is 0 Å². The molecule has 1 aromatic rings. The third-order valence-corrected chi connectivity index (χ3v) is 4.00. The standard InChI is InChI=1S/C16H24N2O2/c1-16(9-5-6-10-17-16)15(20)18-14(12-19)11-13-7-3-2-4-8-13/h2-4,7-8,14,17,19H,5-6,9-12H2,1H3,(H,18,20)/t14-,16?/m0/s1. The molecule has 4 heteroatoms. The van der Waals surface area contributed by atoms with E-state index >= 15 is 0 Å². The minimum atomic E-state index is -0.498. The van der Waals surface area contributed by atoms with Gasteiger partial charge in [0.2, 0.25) is 5.91 Å². The van der Waals surface area contributed by atoms with Crippen LogP contribution in [0.3, 0.4) is 0 Å². The largest absolute Gasteiger partial charge is 0.394 e. The number of hydrogen-bond acceptors (Lipinski definition) is 3. The van der Waals surface area contributed by atoms with Crippen molar-refractivity contribution in [3.8, 4) is 0 Å². The third-order valence-electron chi connectivity index (χ3n) is 4.00. The fourth-order valence-electron chi connectivity index (χ4n) is 2.65. The number of amides is 1. The minimum Gasteiger partial charge on any atom is -0.394 e. The number of aliphatic hydroxyl groups excluding tert-OH is 1. The Balaban J connectivity index is 1.94. The molecule has 1 saturated heterocycles. The number of hydrogen-bond donors (Lipinski definition) is 3. The number of rotatable bonds is 5. The first-order valence-corrected chi connectivity index (χ1v) is 7.35. The van der Waals surface area contributed by atoms with Crippen molar-refractivity contribution in [1.82, 2.24) is 10.6 Å². The first kappa shape index (κ1) is 15.0. The Morgan fingerprint density at radius 3 is 2.75 bits per heavy atom. The van der Waals surface area contributed by atoms with Crippen LogP contribution in [0.15, 0.2) is 30.3 Å². The Morgan fingerprint density at radius 1 is 1.40 bits per heavy atom. The van der Waals surface area contributed by atoms with Crippen LogP contribution in [0.4, 0.5) is 0 Å². The summed E-state index contributed by atoms with van der Waals surface area (Å²) in [7, 11) is 0. The highest BCUT2D eigenvalue weighted by Gasteiger charge is 2.35. The maximum atomic E-state index is 12.4. The van der Waals surface area contributed by atoms with E-state index in [-0.39, 0.29) is 18.6 Å². The lowest BCUT2D eigenvalue weighted by molar-refractivity contribution is -0.129. The van der Waals surface area contributed by atoms with Crippen LogP contribution in [0.5, 0.6) is 0 Å². The summed E-state index contributed by atoms with van der Waals surface area (Å²) in [5.74, 6) is -0.00724. The quantitative estimate of drug-likeness (QED) is 0.758. The first-order chi connectivity index (χ1) is 9.64. The third kappa shape index (κ3) is 3.81. The average molecular weight is 276 g/mol. The van der Waals surface area contributed by atoms with Gasteiger partial charge in [0.25, 0.3) is 0 Å². The molecule has 20 heavy (non-hydrogen) atoms. The summed E-state index contributed by atoms with van der Waals surface area (Å²) in [4.78, 5) is 12.4. The molecule has 110 valence electrons. The molecule has 1 fully saturated rings. The number of benzene rings is 1. The molecule has 1 amide bonds. The molecule has 1 aromatic carbocycles. The number of carbonyl (C=O) groups excluding carboxylic acids is 1. The van der Waals surface area contributed by atoms with Gasteiger partial charge in [0, 0.05) is 0 Å². The molecule has 0 bridgehead atoms. The van der Waals surface area contributed by atoms with E-state index < -0.39 is 5.54 Å². The van der Waals surface area contributed by atoms with E-state index in [0.717, 1.165) is 31.4 Å². The fraction of sp³-hybridized carbons (Fsp3) is 0.562. The molecule has 0 radical (unpaired) electrons. The second-order valence-electron chi connectivity index (χ2n) is 5.76. The zero-order valence-electron chi connectivity index (χ0n) is 12.1. The van der Waals surface area contributed by atoms with Crippen LogP contribution in [0, 0.1) is 0 Å². The molecule has 0 aliphatic carbocycles. The van der Waals surface area contributed by atoms with Crippen LogP contribution in [-0.4, -0.2) is 35.7 Å². The highest BCUT2D eigenvalue weighted by Crippen LogP contribution is 2.19. The van der Waals surface area contributed by atoms with Crippen molar-refractivity contribution in [3.63, 3.8) is 0 Å². The molecule has 1 aliphatic rings. The van der Waals surface area contributed by atoms with E-state index in [1.54, 1.807) is 0 Å². The van der Waals surface area contributed by atoms with Gasteiger partial charge in [0.05, 0.1) is 18.2 Å². The van der Waals surface area contributed by atoms with E-state index in [0.29, 0.717) is 6.42 Å². The fourth-order valence-corrected chi connectivity index (χ4v) is 2.65. The van der Waals surface area contributed by atoms with Gasteiger partial charge in [0.1, 0.15) is 0 Å². The molecule has 3 N–H and O–H groups in total. The Labute approximate surface area is 120 Å². The van der Waals surface area contributed by atoms with Crippen molar-refractivity contribution in [3.05, 3.63) is 35.9 Å². The van der Waals surface area contributed by atoms with Crippen molar-refractivity contribution in [2.75, 3.05) is 13.2 Å². The van der Waals surface area contributed by atoms with Crippen molar-refractivity contribution in [2.24, 2.45) is 0 Å². The van der Waals surface area contributed by atoms with Crippen molar-refractivity contribution in [1.29, 1.82) is 0 Å². The second kappa shape index (κ2) is 6.86. The molecule has 0 aromatic heterocycles. The van der Waals surface area contributed by atoms with Crippen LogP contribution in [0.25, 0.3) is 0 Å². The Hall–Kier alpha value is -1.39. The van der Waals surface area contributed by atoms with Gasteiger partial charge in [0.15, 0.2) is 0 Å². The molecule has 0 saturated carbocycles. The maximum Gasteiger partial charge on any atom is 0.240 e. The predicted octanol–water partition coefficient (Wildman–Crippen LogP) is 1.24. The lowest BCUT2D eigenvalue weighted by Gasteiger charge is -2.34. The number of aliphatic hydroxyl groups is 1. The van der Waals surface area contributed by atoms with E-state index in [1.165, 1.54) is 0 Å². The molecule has 0 spiro atoms. The predicted molar refractivity (Wildman–Crippen MR) is 79.4 cm³/mol. The molecular formula is C16H24N2O2. The topological polar surface area (TPSA) is 61.4 Å². The van der Waals surface area contributed by atoms with E-state index in [2.05, 4.69) is 10.6 Å². The number of nitrogens with one attached hydrogen (secondary N) is 2. The lowest BCUT2D eigenvalue weighted by atomic mass is 9.89. The van der Waals surface area contributed by atoms with Gasteiger partial charge in [-0.05, 0) is 44.7 Å². The average Bonchev–Trinajstić information content (AvgIpc) is 2.48. The van der Waals surface area contributed by atoms with Crippen molar-refractivity contribution >= 4 is 5.91 Å². The Morgan fingerprint density at radius 2 is 2.15 bits per heavy atom.